The number of hydrogen-bond acceptors (Lipinski definition) is 6. The predicted octanol–water partition coefficient (Wildman–Crippen LogP) is 2.84. The van der Waals surface area contributed by atoms with Crippen molar-refractivity contribution < 1.29 is 4.92 Å². The summed E-state index contributed by atoms with van der Waals surface area (Å²) in [6, 6.07) is 9.78. The molecule has 7 nitrogen and oxygen atoms in total. The van der Waals surface area contributed by atoms with Gasteiger partial charge in [-0.3, -0.25) is 10.1 Å². The first-order valence-electron chi connectivity index (χ1n) is 7.00. The molecule has 0 bridgehead atoms. The van der Waals surface area contributed by atoms with Gasteiger partial charge in [-0.25, -0.2) is 9.97 Å². The lowest BCUT2D eigenvalue weighted by molar-refractivity contribution is -0.383. The van der Waals surface area contributed by atoms with E-state index in [1.807, 2.05) is 44.2 Å². The number of rotatable bonds is 6. The molecule has 2 rings (SSSR count). The number of hydrogen-bond donors (Lipinski definition) is 1. The van der Waals surface area contributed by atoms with Crippen LogP contribution in [0.4, 0.5) is 17.3 Å². The van der Waals surface area contributed by atoms with Gasteiger partial charge in [0.05, 0.1) is 4.92 Å². The molecule has 0 aliphatic rings. The highest BCUT2D eigenvalue weighted by molar-refractivity contribution is 5.70. The lowest BCUT2D eigenvalue weighted by atomic mass is 10.2. The molecule has 0 atom stereocenters. The van der Waals surface area contributed by atoms with E-state index in [0.29, 0.717) is 12.4 Å². The van der Waals surface area contributed by atoms with E-state index in [1.165, 1.54) is 6.33 Å². The molecule has 7 heteroatoms. The molecule has 2 aromatic rings. The molecule has 22 heavy (non-hydrogen) atoms. The van der Waals surface area contributed by atoms with Crippen LogP contribution >= 0.6 is 0 Å². The SMILES string of the molecule is CC(C)Nc1ncnc(N(C)Cc2ccccc2)c1[N+](=O)[O-]. The Morgan fingerprint density at radius 3 is 2.55 bits per heavy atom. The molecule has 0 saturated carbocycles. The molecule has 0 spiro atoms. The van der Waals surface area contributed by atoms with Gasteiger partial charge in [-0.2, -0.15) is 0 Å². The van der Waals surface area contributed by atoms with Crippen LogP contribution in [0.3, 0.4) is 0 Å². The summed E-state index contributed by atoms with van der Waals surface area (Å²) >= 11 is 0. The standard InChI is InChI=1S/C15H19N5O2/c1-11(2)18-14-13(20(21)22)15(17-10-16-14)19(3)9-12-7-5-4-6-8-12/h4-8,10-11H,9H2,1-3H3,(H,16,17,18). The molecule has 1 heterocycles. The van der Waals surface area contributed by atoms with Crippen molar-refractivity contribution in [1.29, 1.82) is 0 Å². The van der Waals surface area contributed by atoms with Crippen LogP contribution in [0.15, 0.2) is 36.7 Å². The van der Waals surface area contributed by atoms with Crippen LogP contribution in [0.25, 0.3) is 0 Å². The van der Waals surface area contributed by atoms with Crippen LogP contribution in [-0.4, -0.2) is 28.0 Å². The first-order valence-corrected chi connectivity index (χ1v) is 7.00. The summed E-state index contributed by atoms with van der Waals surface area (Å²) in [6.07, 6.45) is 1.34. The van der Waals surface area contributed by atoms with Crippen LogP contribution in [0.2, 0.25) is 0 Å². The van der Waals surface area contributed by atoms with Gasteiger partial charge in [-0.05, 0) is 19.4 Å². The monoisotopic (exact) mass is 301 g/mol. The molecule has 0 unspecified atom stereocenters. The Morgan fingerprint density at radius 2 is 1.95 bits per heavy atom. The van der Waals surface area contributed by atoms with Crippen LogP contribution in [0, 0.1) is 10.1 Å². The third-order valence-corrected chi connectivity index (χ3v) is 3.04. The second-order valence-electron chi connectivity index (χ2n) is 5.29. The molecule has 0 amide bonds. The fourth-order valence-corrected chi connectivity index (χ4v) is 2.13. The Bertz CT molecular complexity index is 646. The van der Waals surface area contributed by atoms with E-state index in [-0.39, 0.29) is 17.5 Å². The Hall–Kier alpha value is -2.70. The minimum absolute atomic E-state index is 0.0425. The van der Waals surface area contributed by atoms with Gasteiger partial charge in [0.1, 0.15) is 6.33 Å². The van der Waals surface area contributed by atoms with E-state index in [4.69, 9.17) is 0 Å². The summed E-state index contributed by atoms with van der Waals surface area (Å²) in [7, 11) is 1.78. The average Bonchev–Trinajstić information content (AvgIpc) is 2.47. The zero-order valence-corrected chi connectivity index (χ0v) is 12.9. The predicted molar refractivity (Wildman–Crippen MR) is 86.0 cm³/mol. The third kappa shape index (κ3) is 3.69. The van der Waals surface area contributed by atoms with Gasteiger partial charge >= 0.3 is 5.69 Å². The lowest BCUT2D eigenvalue weighted by Crippen LogP contribution is -2.21. The fraction of sp³-hybridized carbons (Fsp3) is 0.333. The fourth-order valence-electron chi connectivity index (χ4n) is 2.13. The molecule has 116 valence electrons. The van der Waals surface area contributed by atoms with Gasteiger partial charge < -0.3 is 10.2 Å². The second-order valence-corrected chi connectivity index (χ2v) is 5.29. The number of nitrogens with zero attached hydrogens (tertiary/aromatic N) is 4. The van der Waals surface area contributed by atoms with Crippen LogP contribution < -0.4 is 10.2 Å². The smallest absolute Gasteiger partial charge is 0.353 e. The Kier molecular flexibility index (Phi) is 4.88. The molecule has 1 aromatic heterocycles. The van der Waals surface area contributed by atoms with Gasteiger partial charge in [0.15, 0.2) is 0 Å². The number of anilines is 2. The molecule has 0 aliphatic heterocycles. The minimum atomic E-state index is -0.443. The first kappa shape index (κ1) is 15.7. The minimum Gasteiger partial charge on any atom is -0.362 e. The highest BCUT2D eigenvalue weighted by Gasteiger charge is 2.25. The number of nitro groups is 1. The van der Waals surface area contributed by atoms with Crippen molar-refractivity contribution in [2.45, 2.75) is 26.4 Å². The maximum absolute atomic E-state index is 11.4. The maximum atomic E-state index is 11.4. The Balaban J connectivity index is 2.35. The van der Waals surface area contributed by atoms with Crippen molar-refractivity contribution in [3.05, 3.63) is 52.3 Å². The quantitative estimate of drug-likeness (QED) is 0.652. The van der Waals surface area contributed by atoms with Crippen molar-refractivity contribution in [3.8, 4) is 0 Å². The maximum Gasteiger partial charge on any atom is 0.353 e. The second kappa shape index (κ2) is 6.84. The summed E-state index contributed by atoms with van der Waals surface area (Å²) in [5, 5.41) is 14.4. The van der Waals surface area contributed by atoms with Crippen molar-refractivity contribution in [3.63, 3.8) is 0 Å². The van der Waals surface area contributed by atoms with Gasteiger partial charge in [0.25, 0.3) is 0 Å². The number of nitrogens with one attached hydrogen (secondary N) is 1. The molecule has 1 aromatic carbocycles. The third-order valence-electron chi connectivity index (χ3n) is 3.04. The molecule has 0 aliphatic carbocycles. The Labute approximate surface area is 129 Å². The van der Waals surface area contributed by atoms with Gasteiger partial charge in [-0.15, -0.1) is 0 Å². The topological polar surface area (TPSA) is 84.2 Å². The van der Waals surface area contributed by atoms with Gasteiger partial charge in [-0.1, -0.05) is 30.3 Å². The summed E-state index contributed by atoms with van der Waals surface area (Å²) in [4.78, 5) is 20.8. The lowest BCUT2D eigenvalue weighted by Gasteiger charge is -2.19. The summed E-state index contributed by atoms with van der Waals surface area (Å²) < 4.78 is 0. The largest absolute Gasteiger partial charge is 0.362 e. The molecular formula is C15H19N5O2. The van der Waals surface area contributed by atoms with Crippen molar-refractivity contribution in [2.24, 2.45) is 0 Å². The number of benzene rings is 1. The zero-order valence-electron chi connectivity index (χ0n) is 12.9. The summed E-state index contributed by atoms with van der Waals surface area (Å²) in [6.45, 7) is 4.33. The first-order chi connectivity index (χ1) is 10.5. The molecule has 0 radical (unpaired) electrons. The highest BCUT2D eigenvalue weighted by Crippen LogP contribution is 2.32. The van der Waals surface area contributed by atoms with Crippen LogP contribution in [-0.2, 0) is 6.54 Å². The van der Waals surface area contributed by atoms with E-state index >= 15 is 0 Å². The van der Waals surface area contributed by atoms with E-state index in [2.05, 4.69) is 15.3 Å². The van der Waals surface area contributed by atoms with E-state index in [0.717, 1.165) is 5.56 Å². The van der Waals surface area contributed by atoms with Crippen LogP contribution in [0.5, 0.6) is 0 Å². The van der Waals surface area contributed by atoms with Gasteiger partial charge in [0.2, 0.25) is 11.6 Å². The zero-order chi connectivity index (χ0) is 16.1. The molecule has 0 fully saturated rings. The molecule has 1 N–H and O–H groups in total. The average molecular weight is 301 g/mol. The highest BCUT2D eigenvalue weighted by atomic mass is 16.6. The van der Waals surface area contributed by atoms with E-state index in [9.17, 15) is 10.1 Å². The normalized spacial score (nSPS) is 10.5. The van der Waals surface area contributed by atoms with Crippen molar-refractivity contribution in [2.75, 3.05) is 17.3 Å². The van der Waals surface area contributed by atoms with Gasteiger partial charge in [0, 0.05) is 19.6 Å². The summed E-state index contributed by atoms with van der Waals surface area (Å²) in [5.41, 5.74) is 0.950. The van der Waals surface area contributed by atoms with Crippen molar-refractivity contribution >= 4 is 17.3 Å². The summed E-state index contributed by atoms with van der Waals surface area (Å²) in [5.74, 6) is 0.539. The van der Waals surface area contributed by atoms with E-state index < -0.39 is 4.92 Å². The van der Waals surface area contributed by atoms with Crippen molar-refractivity contribution in [1.82, 2.24) is 9.97 Å². The number of aromatic nitrogens is 2. The molecular weight excluding hydrogens is 282 g/mol. The Morgan fingerprint density at radius 1 is 1.27 bits per heavy atom. The van der Waals surface area contributed by atoms with Crippen LogP contribution in [0.1, 0.15) is 19.4 Å². The molecule has 0 saturated heterocycles. The van der Waals surface area contributed by atoms with E-state index in [1.54, 1.807) is 11.9 Å².